The Morgan fingerprint density at radius 1 is 1.05 bits per heavy atom. The number of carbonyl (C=O) groups is 1. The first-order valence-electron chi connectivity index (χ1n) is 14.2. The molecule has 8 nitrogen and oxygen atoms in total. The van der Waals surface area contributed by atoms with Gasteiger partial charge in [0.05, 0.1) is 53.9 Å². The van der Waals surface area contributed by atoms with E-state index >= 15 is 0 Å². The third kappa shape index (κ3) is 8.09. The van der Waals surface area contributed by atoms with Gasteiger partial charge in [0.1, 0.15) is 11.9 Å². The van der Waals surface area contributed by atoms with Crippen molar-refractivity contribution in [3.63, 3.8) is 0 Å². The van der Waals surface area contributed by atoms with Gasteiger partial charge >= 0.3 is 6.18 Å². The lowest BCUT2D eigenvalue weighted by molar-refractivity contribution is -0.137. The summed E-state index contributed by atoms with van der Waals surface area (Å²) in [5.41, 5.74) is 1.07. The van der Waals surface area contributed by atoms with E-state index in [4.69, 9.17) is 9.47 Å². The molecule has 0 aromatic heterocycles. The number of hydrogen-bond donors (Lipinski definition) is 1. The Morgan fingerprint density at radius 3 is 2.27 bits per heavy atom. The standard InChI is InChI=1S/C32H34F3N3O5S/c1-3-42-21-26-19-28(43-27-13-9-24(10-14-27)32(33,34)35)20-38(26)25-11-5-23(6-12-25)31(39)37-30(17-18-36)22-7-15-29(16-8-22)44(40,41)4-2/h5-16,26,28,30H,3-4,17,19-21H2,1-2H3,(H,37,39)/t26-,28-,30+/m0/s1. The predicted molar refractivity (Wildman–Crippen MR) is 159 cm³/mol. The van der Waals surface area contributed by atoms with Crippen LogP contribution < -0.4 is 15.0 Å². The predicted octanol–water partition coefficient (Wildman–Crippen LogP) is 5.95. The second-order valence-electron chi connectivity index (χ2n) is 10.4. The van der Waals surface area contributed by atoms with Crippen LogP contribution in [0.25, 0.3) is 0 Å². The van der Waals surface area contributed by atoms with Crippen LogP contribution in [0.1, 0.15) is 54.2 Å². The highest BCUT2D eigenvalue weighted by Gasteiger charge is 2.34. The van der Waals surface area contributed by atoms with Gasteiger partial charge in [-0.25, -0.2) is 8.42 Å². The molecule has 0 radical (unpaired) electrons. The molecule has 0 aliphatic carbocycles. The van der Waals surface area contributed by atoms with Crippen LogP contribution in [0.2, 0.25) is 0 Å². The number of ether oxygens (including phenoxy) is 2. The highest BCUT2D eigenvalue weighted by molar-refractivity contribution is 7.91. The maximum atomic E-state index is 13.1. The smallest absolute Gasteiger partial charge is 0.416 e. The summed E-state index contributed by atoms with van der Waals surface area (Å²) in [6.07, 6.45) is -4.12. The van der Waals surface area contributed by atoms with Crippen molar-refractivity contribution in [3.8, 4) is 11.8 Å². The van der Waals surface area contributed by atoms with Gasteiger partial charge in [-0.05, 0) is 73.2 Å². The van der Waals surface area contributed by atoms with Gasteiger partial charge in [0.25, 0.3) is 5.91 Å². The Kier molecular flexibility index (Phi) is 10.5. The van der Waals surface area contributed by atoms with E-state index in [0.29, 0.717) is 43.1 Å². The molecule has 3 aromatic rings. The van der Waals surface area contributed by atoms with Gasteiger partial charge < -0.3 is 19.7 Å². The molecule has 1 N–H and O–H groups in total. The van der Waals surface area contributed by atoms with Gasteiger partial charge in [-0.15, -0.1) is 0 Å². The number of anilines is 1. The molecule has 44 heavy (non-hydrogen) atoms. The average molecular weight is 630 g/mol. The van der Waals surface area contributed by atoms with E-state index in [1.165, 1.54) is 24.3 Å². The quantitative estimate of drug-likeness (QED) is 0.264. The number of carbonyl (C=O) groups excluding carboxylic acids is 1. The van der Waals surface area contributed by atoms with Crippen LogP contribution in [0, 0.1) is 11.3 Å². The Morgan fingerprint density at radius 2 is 1.70 bits per heavy atom. The van der Waals surface area contributed by atoms with Gasteiger partial charge in [-0.1, -0.05) is 19.1 Å². The molecule has 1 saturated heterocycles. The molecule has 1 aliphatic heterocycles. The van der Waals surface area contributed by atoms with E-state index in [9.17, 15) is 31.6 Å². The second-order valence-corrected chi connectivity index (χ2v) is 12.6. The van der Waals surface area contributed by atoms with Gasteiger partial charge in [0.15, 0.2) is 9.84 Å². The lowest BCUT2D eigenvalue weighted by Crippen LogP contribution is -2.33. The summed E-state index contributed by atoms with van der Waals surface area (Å²) in [5, 5.41) is 12.2. The first-order chi connectivity index (χ1) is 20.9. The Hall–Kier alpha value is -4.08. The SMILES string of the molecule is CCOC[C@@H]1C[C@H](Oc2ccc(C(F)(F)F)cc2)CN1c1ccc(C(=O)N[C@H](CC#N)c2ccc(S(=O)(=O)CC)cc2)cc1. The molecule has 0 unspecified atom stereocenters. The molecule has 0 saturated carbocycles. The van der Waals surface area contributed by atoms with Crippen molar-refractivity contribution in [1.29, 1.82) is 5.26 Å². The van der Waals surface area contributed by atoms with E-state index in [1.54, 1.807) is 43.3 Å². The van der Waals surface area contributed by atoms with Crippen molar-refractivity contribution in [2.24, 2.45) is 0 Å². The van der Waals surface area contributed by atoms with Crippen molar-refractivity contribution in [2.45, 2.75) is 55.9 Å². The van der Waals surface area contributed by atoms with Crippen LogP contribution in [0.4, 0.5) is 18.9 Å². The minimum atomic E-state index is -4.42. The second kappa shape index (κ2) is 14.1. The number of alkyl halides is 3. The van der Waals surface area contributed by atoms with Gasteiger partial charge in [0, 0.05) is 24.3 Å². The number of benzene rings is 3. The van der Waals surface area contributed by atoms with Crippen LogP contribution in [0.5, 0.6) is 5.75 Å². The lowest BCUT2D eigenvalue weighted by Gasteiger charge is -2.26. The number of rotatable bonds is 12. The van der Waals surface area contributed by atoms with Gasteiger partial charge in [0.2, 0.25) is 0 Å². The van der Waals surface area contributed by atoms with Crippen molar-refractivity contribution >= 4 is 21.4 Å². The zero-order valence-corrected chi connectivity index (χ0v) is 25.2. The first-order valence-corrected chi connectivity index (χ1v) is 15.9. The van der Waals surface area contributed by atoms with Crippen molar-refractivity contribution in [2.75, 3.05) is 30.4 Å². The fourth-order valence-electron chi connectivity index (χ4n) is 5.07. The normalized spacial score (nSPS) is 17.6. The number of nitrogens with one attached hydrogen (secondary N) is 1. The molecule has 1 fully saturated rings. The lowest BCUT2D eigenvalue weighted by atomic mass is 10.0. The third-order valence-corrected chi connectivity index (χ3v) is 9.21. The molecule has 234 valence electrons. The zero-order valence-electron chi connectivity index (χ0n) is 24.4. The summed E-state index contributed by atoms with van der Waals surface area (Å²) in [6, 6.07) is 19.1. The number of hydrogen-bond acceptors (Lipinski definition) is 7. The van der Waals surface area contributed by atoms with E-state index in [2.05, 4.69) is 16.3 Å². The minimum absolute atomic E-state index is 0.00307. The topological polar surface area (TPSA) is 109 Å². The molecule has 3 atom stereocenters. The summed E-state index contributed by atoms with van der Waals surface area (Å²) in [4.78, 5) is 15.4. The molecule has 4 rings (SSSR count). The summed E-state index contributed by atoms with van der Waals surface area (Å²) in [6.45, 7) is 4.88. The fraction of sp³-hybridized carbons (Fsp3) is 0.375. The summed E-state index contributed by atoms with van der Waals surface area (Å²) in [7, 11) is -3.37. The van der Waals surface area contributed by atoms with E-state index < -0.39 is 33.5 Å². The minimum Gasteiger partial charge on any atom is -0.489 e. The molecule has 1 amide bonds. The highest BCUT2D eigenvalue weighted by Crippen LogP contribution is 2.32. The number of nitrogens with zero attached hydrogens (tertiary/aromatic N) is 2. The van der Waals surface area contributed by atoms with Crippen LogP contribution in [-0.2, 0) is 20.8 Å². The van der Waals surface area contributed by atoms with Crippen LogP contribution >= 0.6 is 0 Å². The Bertz CT molecular complexity index is 1560. The van der Waals surface area contributed by atoms with E-state index in [0.717, 1.165) is 17.8 Å². The van der Waals surface area contributed by atoms with Crippen molar-refractivity contribution < 1.29 is 35.9 Å². The summed E-state index contributed by atoms with van der Waals surface area (Å²) < 4.78 is 74.7. The van der Waals surface area contributed by atoms with Crippen molar-refractivity contribution in [3.05, 3.63) is 89.5 Å². The highest BCUT2D eigenvalue weighted by atomic mass is 32.2. The molecule has 1 aliphatic rings. The third-order valence-electron chi connectivity index (χ3n) is 7.46. The van der Waals surface area contributed by atoms with Crippen molar-refractivity contribution in [1.82, 2.24) is 5.32 Å². The fourth-order valence-corrected chi connectivity index (χ4v) is 5.95. The number of nitriles is 1. The van der Waals surface area contributed by atoms with Crippen LogP contribution in [0.15, 0.2) is 77.7 Å². The molecule has 12 heteroatoms. The Labute approximate surface area is 255 Å². The Balaban J connectivity index is 1.44. The van der Waals surface area contributed by atoms with E-state index in [1.807, 2.05) is 6.92 Å². The first kappa shape index (κ1) is 32.8. The largest absolute Gasteiger partial charge is 0.489 e. The van der Waals surface area contributed by atoms with E-state index in [-0.39, 0.29) is 29.2 Å². The molecular formula is C32H34F3N3O5S. The molecule has 0 bridgehead atoms. The van der Waals surface area contributed by atoms with Crippen LogP contribution in [0.3, 0.4) is 0 Å². The molecule has 1 heterocycles. The molecule has 0 spiro atoms. The maximum absolute atomic E-state index is 13.1. The monoisotopic (exact) mass is 629 g/mol. The summed E-state index contributed by atoms with van der Waals surface area (Å²) in [5.74, 6) is -0.0735. The molecule has 3 aromatic carbocycles. The molecular weight excluding hydrogens is 595 g/mol. The number of halogens is 3. The zero-order chi connectivity index (χ0) is 31.9. The number of amides is 1. The average Bonchev–Trinajstić information content (AvgIpc) is 3.42. The summed E-state index contributed by atoms with van der Waals surface area (Å²) >= 11 is 0. The van der Waals surface area contributed by atoms with Gasteiger partial charge in [-0.2, -0.15) is 18.4 Å². The van der Waals surface area contributed by atoms with Gasteiger partial charge in [-0.3, -0.25) is 4.79 Å². The maximum Gasteiger partial charge on any atom is 0.416 e. The van der Waals surface area contributed by atoms with Crippen LogP contribution in [-0.4, -0.2) is 52.0 Å². The number of sulfone groups is 1.